The van der Waals surface area contributed by atoms with Crippen LogP contribution in [-0.2, 0) is 51.2 Å². The van der Waals surface area contributed by atoms with Crippen LogP contribution in [0.5, 0.6) is 0 Å². The Bertz CT molecular complexity index is 2050. The Morgan fingerprint density at radius 1 is 0.623 bits per heavy atom. The largest absolute Gasteiger partial charge is 0.396 e. The number of aliphatic hydroxyl groups is 2. The maximum Gasteiger partial charge on any atom is 0.245 e. The van der Waals surface area contributed by atoms with Crippen molar-refractivity contribution in [3.8, 4) is 0 Å². The number of benzene rings is 1. The summed E-state index contributed by atoms with van der Waals surface area (Å²) >= 11 is 0. The number of hydrogen-bond donors (Lipinski definition) is 11. The first-order valence-corrected chi connectivity index (χ1v) is 28.1. The highest BCUT2D eigenvalue weighted by molar-refractivity contribution is 5.96. The number of imidazole rings is 1. The minimum atomic E-state index is -1.29. The quantitative estimate of drug-likeness (QED) is 0.0258. The Labute approximate surface area is 456 Å². The number of unbranched alkanes of at least 4 members (excludes halogenated alkanes) is 13. The number of nitrogens with zero attached hydrogens (tertiary/aromatic N) is 2. The zero-order chi connectivity index (χ0) is 56.6. The monoisotopic (exact) mass is 1080 g/mol. The van der Waals surface area contributed by atoms with Crippen LogP contribution in [0.1, 0.15) is 166 Å². The van der Waals surface area contributed by atoms with Crippen LogP contribution in [0.3, 0.4) is 0 Å². The number of Topliss-reactive ketones (excluding diaryl/α,β-unsaturated/α-hetero) is 3. The van der Waals surface area contributed by atoms with Gasteiger partial charge in [0.25, 0.3) is 0 Å². The first-order chi connectivity index (χ1) is 37.1. The van der Waals surface area contributed by atoms with E-state index in [1.165, 1.54) is 70.3 Å². The number of nitrogens with two attached hydrogens (primary N) is 3. The Kier molecular flexibility index (Phi) is 35.8. The molecule has 21 heteroatoms. The average molecular weight is 1080 g/mol. The number of carbonyl (C=O) groups excluding carboxylic acids is 8. The molecule has 0 unspecified atom stereocenters. The van der Waals surface area contributed by atoms with E-state index in [0.29, 0.717) is 31.5 Å². The van der Waals surface area contributed by atoms with Crippen molar-refractivity contribution in [1.29, 1.82) is 0 Å². The van der Waals surface area contributed by atoms with Gasteiger partial charge < -0.3 is 59.0 Å². The van der Waals surface area contributed by atoms with Crippen molar-refractivity contribution in [1.82, 2.24) is 36.6 Å². The topological polar surface area (TPSA) is 356 Å². The van der Waals surface area contributed by atoms with E-state index in [9.17, 15) is 48.6 Å². The second-order valence-electron chi connectivity index (χ2n) is 20.3. The zero-order valence-corrected chi connectivity index (χ0v) is 46.0. The number of ketones is 3. The molecular formula is C56H93N11O10. The summed E-state index contributed by atoms with van der Waals surface area (Å²) in [6.07, 6.45) is 20.2. The molecule has 0 aliphatic carbocycles. The zero-order valence-electron chi connectivity index (χ0n) is 46.0. The number of aromatic amines is 1. The lowest BCUT2D eigenvalue weighted by Gasteiger charge is -2.25. The maximum absolute atomic E-state index is 14.3. The number of guanidine groups is 1. The third-order valence-electron chi connectivity index (χ3n) is 13.5. The van der Waals surface area contributed by atoms with E-state index in [1.54, 1.807) is 12.1 Å². The van der Waals surface area contributed by atoms with Crippen LogP contribution in [-0.4, -0.2) is 131 Å². The highest BCUT2D eigenvalue weighted by Crippen LogP contribution is 2.19. The minimum Gasteiger partial charge on any atom is -0.396 e. The summed E-state index contributed by atoms with van der Waals surface area (Å²) in [6.45, 7) is 2.31. The van der Waals surface area contributed by atoms with Crippen LogP contribution in [0.15, 0.2) is 47.8 Å². The molecule has 0 radical (unpaired) electrons. The van der Waals surface area contributed by atoms with E-state index in [0.717, 1.165) is 37.7 Å². The lowest BCUT2D eigenvalue weighted by Crippen LogP contribution is -2.50. The Morgan fingerprint density at radius 2 is 1.22 bits per heavy atom. The Hall–Kier alpha value is -6.06. The molecule has 2 rings (SSSR count). The number of amides is 5. The summed E-state index contributed by atoms with van der Waals surface area (Å²) in [5, 5.41) is 33.1. The lowest BCUT2D eigenvalue weighted by atomic mass is 9.89. The molecule has 0 aliphatic heterocycles. The fourth-order valence-corrected chi connectivity index (χ4v) is 8.93. The molecular weight excluding hydrogens is 987 g/mol. The number of carbonyl (C=O) groups is 8. The van der Waals surface area contributed by atoms with E-state index in [4.69, 9.17) is 17.2 Å². The van der Waals surface area contributed by atoms with Crippen LogP contribution >= 0.6 is 0 Å². The highest BCUT2D eigenvalue weighted by Gasteiger charge is 2.32. The summed E-state index contributed by atoms with van der Waals surface area (Å²) in [6, 6.07) is 6.46. The molecule has 0 spiro atoms. The molecule has 0 saturated carbocycles. The summed E-state index contributed by atoms with van der Waals surface area (Å²) in [7, 11) is 0. The third-order valence-corrected chi connectivity index (χ3v) is 13.5. The fourth-order valence-electron chi connectivity index (χ4n) is 8.93. The van der Waals surface area contributed by atoms with Gasteiger partial charge in [-0.3, -0.25) is 43.3 Å². The average Bonchev–Trinajstić information content (AvgIpc) is 3.93. The van der Waals surface area contributed by atoms with E-state index in [1.807, 2.05) is 25.1 Å². The predicted molar refractivity (Wildman–Crippen MR) is 297 cm³/mol. The molecule has 0 fully saturated rings. The van der Waals surface area contributed by atoms with Crippen molar-refractivity contribution in [2.24, 2.45) is 39.9 Å². The smallest absolute Gasteiger partial charge is 0.245 e. The first kappa shape index (κ1) is 67.1. The van der Waals surface area contributed by atoms with Crippen LogP contribution in [0.2, 0.25) is 0 Å². The molecule has 5 amide bonds. The number of aromatic nitrogens is 2. The van der Waals surface area contributed by atoms with Crippen LogP contribution in [0.4, 0.5) is 0 Å². The molecule has 0 saturated heterocycles. The van der Waals surface area contributed by atoms with Gasteiger partial charge in [0.15, 0.2) is 23.3 Å². The van der Waals surface area contributed by atoms with Gasteiger partial charge >= 0.3 is 0 Å². The normalized spacial score (nSPS) is 13.5. The van der Waals surface area contributed by atoms with Gasteiger partial charge in [-0.15, -0.1) is 0 Å². The van der Waals surface area contributed by atoms with Crippen molar-refractivity contribution >= 4 is 52.8 Å². The molecule has 1 heterocycles. The number of nitrogens with one attached hydrogen (secondary N) is 6. The highest BCUT2D eigenvalue weighted by atomic mass is 16.3. The molecule has 77 heavy (non-hydrogen) atoms. The van der Waals surface area contributed by atoms with E-state index in [-0.39, 0.29) is 63.0 Å². The second-order valence-corrected chi connectivity index (χ2v) is 20.3. The Balaban J connectivity index is 2.00. The number of hydrogen-bond acceptors (Lipinski definition) is 13. The SMILES string of the molecule is CCCCCCCCCCCCCCCC(=O)N[C@@H](CO)C(=O)NCC(=O)C[C@@H](CO)C(=O)NCC(=O)C[C@@H](Cc1cnc[nH]1)C(=O)N[C@@H](Cc1ccccc1)C(=O)C[C@@H](CCCN=C(N)N)C(=O)N[C@H](C)CCCCN. The van der Waals surface area contributed by atoms with Gasteiger partial charge in [0, 0.05) is 62.5 Å². The van der Waals surface area contributed by atoms with Gasteiger partial charge in [-0.25, -0.2) is 4.98 Å². The molecule has 14 N–H and O–H groups in total. The molecule has 0 aliphatic rings. The molecule has 6 atom stereocenters. The number of aliphatic imine (C=N–C) groups is 1. The molecule has 432 valence electrons. The predicted octanol–water partition coefficient (Wildman–Crippen LogP) is 3.28. The second kappa shape index (κ2) is 41.1. The van der Waals surface area contributed by atoms with E-state index in [2.05, 4.69) is 48.5 Å². The maximum atomic E-state index is 14.3. The van der Waals surface area contributed by atoms with Crippen molar-refractivity contribution < 1.29 is 48.6 Å². The van der Waals surface area contributed by atoms with Gasteiger partial charge in [-0.2, -0.15) is 0 Å². The standard InChI is InChI=1S/C56H93N11O10/c1-3-4-5-6-7-8-9-10-11-12-13-14-18-26-51(73)66-49(38-69)55(77)63-36-47(71)32-44(37-68)52(74)62-35-46(70)31-43(30-45-34-60-39-64-45)54(76)67-48(29-41-23-16-15-17-24-41)50(72)33-42(25-21-28-61-56(58)59)53(75)65-40(2)22-19-20-27-57/h15-17,23-24,34,39-40,42-44,48-49,68-69H,3-14,18-22,25-33,35-38,57H2,1-2H3,(H,60,64)(H,62,74)(H,63,77)(H,65,75)(H,66,73)(H,67,76)(H4,58,59,61)/t40-,42-,43-,44+,48+,49+/m1/s1. The summed E-state index contributed by atoms with van der Waals surface area (Å²) in [5.74, 6) is -7.76. The van der Waals surface area contributed by atoms with Crippen molar-refractivity contribution in [3.05, 3.63) is 54.1 Å². The number of H-pyrrole nitrogens is 1. The summed E-state index contributed by atoms with van der Waals surface area (Å²) in [5.41, 5.74) is 17.9. The van der Waals surface area contributed by atoms with Crippen LogP contribution < -0.4 is 43.8 Å². The van der Waals surface area contributed by atoms with Gasteiger partial charge in [0.1, 0.15) is 6.04 Å². The molecule has 1 aromatic carbocycles. The number of rotatable bonds is 46. The van der Waals surface area contributed by atoms with Gasteiger partial charge in [-0.1, -0.05) is 121 Å². The van der Waals surface area contributed by atoms with Crippen molar-refractivity contribution in [3.63, 3.8) is 0 Å². The van der Waals surface area contributed by atoms with Gasteiger partial charge in [0.2, 0.25) is 29.5 Å². The van der Waals surface area contributed by atoms with E-state index >= 15 is 0 Å². The van der Waals surface area contributed by atoms with Crippen molar-refractivity contribution in [2.75, 3.05) is 39.4 Å². The molecule has 2 aromatic rings. The molecule has 0 bridgehead atoms. The molecule has 1 aromatic heterocycles. The van der Waals surface area contributed by atoms with E-state index < -0.39 is 104 Å². The van der Waals surface area contributed by atoms with Gasteiger partial charge in [0.05, 0.1) is 50.5 Å². The van der Waals surface area contributed by atoms with Crippen LogP contribution in [0.25, 0.3) is 0 Å². The Morgan fingerprint density at radius 3 is 1.79 bits per heavy atom. The minimum absolute atomic E-state index is 0.00934. The lowest BCUT2D eigenvalue weighted by molar-refractivity contribution is -0.134. The van der Waals surface area contributed by atoms with Crippen molar-refractivity contribution in [2.45, 2.75) is 186 Å². The summed E-state index contributed by atoms with van der Waals surface area (Å²) < 4.78 is 0. The fraction of sp³-hybridized carbons (Fsp3) is 0.679. The summed E-state index contributed by atoms with van der Waals surface area (Å²) in [4.78, 5) is 118. The third kappa shape index (κ3) is 31.1. The first-order valence-electron chi connectivity index (χ1n) is 28.1. The van der Waals surface area contributed by atoms with Gasteiger partial charge in [-0.05, 0) is 57.6 Å². The number of aliphatic hydroxyl groups excluding tert-OH is 2. The molecule has 21 nitrogen and oxygen atoms in total. The van der Waals surface area contributed by atoms with Crippen LogP contribution in [0, 0.1) is 17.8 Å².